The number of carbonyl (C=O) groups is 1. The van der Waals surface area contributed by atoms with E-state index in [1.54, 1.807) is 0 Å². The van der Waals surface area contributed by atoms with Gasteiger partial charge in [-0.05, 0) is 87.3 Å². The van der Waals surface area contributed by atoms with Gasteiger partial charge in [-0.15, -0.1) is 0 Å². The third kappa shape index (κ3) is 4.37. The zero-order valence-corrected chi connectivity index (χ0v) is 16.7. The Morgan fingerprint density at radius 2 is 2.00 bits per heavy atom. The number of halogens is 1. The van der Waals surface area contributed by atoms with Crippen molar-refractivity contribution < 1.29 is 14.6 Å². The van der Waals surface area contributed by atoms with Crippen LogP contribution in [0.25, 0.3) is 0 Å². The molecule has 1 saturated heterocycles. The molecule has 1 aliphatic heterocycles. The first-order valence-corrected chi connectivity index (χ1v) is 10.8. The van der Waals surface area contributed by atoms with Crippen molar-refractivity contribution in [2.45, 2.75) is 70.3 Å². The van der Waals surface area contributed by atoms with Crippen LogP contribution >= 0.6 is 11.6 Å². The average molecular weight is 392 g/mol. The van der Waals surface area contributed by atoms with E-state index in [0.29, 0.717) is 23.9 Å². The molecule has 27 heavy (non-hydrogen) atoms. The summed E-state index contributed by atoms with van der Waals surface area (Å²) in [6.45, 7) is 2.07. The second kappa shape index (κ2) is 7.90. The first-order valence-electron chi connectivity index (χ1n) is 10.5. The number of hydrogen-bond acceptors (Lipinski definition) is 3. The normalized spacial score (nSPS) is 24.8. The van der Waals surface area contributed by atoms with E-state index in [2.05, 4.69) is 11.0 Å². The fourth-order valence-corrected chi connectivity index (χ4v) is 5.25. The monoisotopic (exact) mass is 391 g/mol. The van der Waals surface area contributed by atoms with Crippen molar-refractivity contribution >= 4 is 23.3 Å². The van der Waals surface area contributed by atoms with Gasteiger partial charge < -0.3 is 14.7 Å². The van der Waals surface area contributed by atoms with Crippen molar-refractivity contribution in [1.82, 2.24) is 0 Å². The van der Waals surface area contributed by atoms with Crippen LogP contribution in [0.15, 0.2) is 18.2 Å². The van der Waals surface area contributed by atoms with Gasteiger partial charge >= 0.3 is 5.97 Å². The summed E-state index contributed by atoms with van der Waals surface area (Å²) in [5.41, 5.74) is 1.57. The number of aliphatic carboxylic acids is 1. The molecule has 1 aromatic carbocycles. The van der Waals surface area contributed by atoms with Crippen LogP contribution in [0.2, 0.25) is 5.02 Å². The maximum Gasteiger partial charge on any atom is 0.303 e. The Balaban J connectivity index is 1.38. The summed E-state index contributed by atoms with van der Waals surface area (Å²) in [6.07, 6.45) is 11.1. The van der Waals surface area contributed by atoms with Gasteiger partial charge in [-0.3, -0.25) is 4.79 Å². The van der Waals surface area contributed by atoms with Gasteiger partial charge in [0, 0.05) is 24.5 Å². The van der Waals surface area contributed by atoms with E-state index in [0.717, 1.165) is 48.8 Å². The number of rotatable bonds is 6. The predicted molar refractivity (Wildman–Crippen MR) is 108 cm³/mol. The van der Waals surface area contributed by atoms with Gasteiger partial charge in [0.05, 0.1) is 11.8 Å². The Bertz CT molecular complexity index is 680. The molecule has 0 radical (unpaired) electrons. The van der Waals surface area contributed by atoms with Crippen LogP contribution in [0.4, 0.5) is 5.69 Å². The zero-order valence-electron chi connectivity index (χ0n) is 16.0. The summed E-state index contributed by atoms with van der Waals surface area (Å²) in [5.74, 6) is 0.910. The minimum Gasteiger partial charge on any atom is -0.488 e. The van der Waals surface area contributed by atoms with Crippen molar-refractivity contribution in [2.75, 3.05) is 18.0 Å². The number of benzene rings is 1. The molecule has 1 spiro atoms. The molecular formula is C22H30ClNO3. The SMILES string of the molecule is O=C(O)CCC1CCC2(CCN(c3cc(Cl)ccc3OC3CCC3)CC2)C1. The molecule has 3 fully saturated rings. The summed E-state index contributed by atoms with van der Waals surface area (Å²) < 4.78 is 6.22. The molecule has 1 aromatic rings. The molecule has 1 atom stereocenters. The number of carboxylic acids is 1. The minimum atomic E-state index is -0.661. The van der Waals surface area contributed by atoms with Crippen molar-refractivity contribution in [1.29, 1.82) is 0 Å². The fourth-order valence-electron chi connectivity index (χ4n) is 5.08. The van der Waals surface area contributed by atoms with Crippen LogP contribution in [-0.4, -0.2) is 30.3 Å². The zero-order chi connectivity index (χ0) is 18.9. The summed E-state index contributed by atoms with van der Waals surface area (Å²) in [6, 6.07) is 6.00. The largest absolute Gasteiger partial charge is 0.488 e. The third-order valence-corrected chi connectivity index (χ3v) is 7.24. The van der Waals surface area contributed by atoms with E-state index in [-0.39, 0.29) is 0 Å². The second-order valence-electron chi connectivity index (χ2n) is 8.81. The molecule has 2 saturated carbocycles. The summed E-state index contributed by atoms with van der Waals surface area (Å²) in [5, 5.41) is 9.70. The molecule has 0 bridgehead atoms. The number of ether oxygens (including phenoxy) is 1. The van der Waals surface area contributed by atoms with Crippen LogP contribution in [0.1, 0.15) is 64.2 Å². The van der Waals surface area contributed by atoms with E-state index in [1.807, 2.05) is 12.1 Å². The van der Waals surface area contributed by atoms with Crippen LogP contribution in [0, 0.1) is 11.3 Å². The van der Waals surface area contributed by atoms with Crippen LogP contribution in [-0.2, 0) is 4.79 Å². The van der Waals surface area contributed by atoms with E-state index in [9.17, 15) is 4.79 Å². The lowest BCUT2D eigenvalue weighted by molar-refractivity contribution is -0.137. The van der Waals surface area contributed by atoms with Crippen LogP contribution < -0.4 is 9.64 Å². The molecule has 4 nitrogen and oxygen atoms in total. The molecule has 1 N–H and O–H groups in total. The van der Waals surface area contributed by atoms with Crippen LogP contribution in [0.5, 0.6) is 5.75 Å². The van der Waals surface area contributed by atoms with Gasteiger partial charge in [-0.25, -0.2) is 0 Å². The van der Waals surface area contributed by atoms with Crippen molar-refractivity contribution in [2.24, 2.45) is 11.3 Å². The molecular weight excluding hydrogens is 362 g/mol. The first-order chi connectivity index (χ1) is 13.0. The third-order valence-electron chi connectivity index (χ3n) is 7.00. The standard InChI is InChI=1S/C22H30ClNO3/c23-17-5-6-20(27-18-2-1-3-18)19(14-17)24-12-10-22(11-13-24)9-8-16(15-22)4-7-21(25)26/h5-6,14,16,18H,1-4,7-13,15H2,(H,25,26). The van der Waals surface area contributed by atoms with Gasteiger partial charge in [0.15, 0.2) is 0 Å². The second-order valence-corrected chi connectivity index (χ2v) is 9.25. The van der Waals surface area contributed by atoms with Crippen molar-refractivity contribution in [3.63, 3.8) is 0 Å². The number of anilines is 1. The number of piperidine rings is 1. The molecule has 1 heterocycles. The van der Waals surface area contributed by atoms with Gasteiger partial charge in [0.2, 0.25) is 0 Å². The Labute approximate surface area is 166 Å². The topological polar surface area (TPSA) is 49.8 Å². The molecule has 0 amide bonds. The lowest BCUT2D eigenvalue weighted by Crippen LogP contribution is -2.39. The van der Waals surface area contributed by atoms with Crippen molar-refractivity contribution in [3.8, 4) is 5.75 Å². The number of hydrogen-bond donors (Lipinski definition) is 1. The summed E-state index contributed by atoms with van der Waals surface area (Å²) in [7, 11) is 0. The minimum absolute atomic E-state index is 0.317. The van der Waals surface area contributed by atoms with Gasteiger partial charge in [0.25, 0.3) is 0 Å². The summed E-state index contributed by atoms with van der Waals surface area (Å²) >= 11 is 6.29. The van der Waals surface area contributed by atoms with Gasteiger partial charge in [-0.1, -0.05) is 11.6 Å². The Hall–Kier alpha value is -1.42. The predicted octanol–water partition coefficient (Wildman–Crippen LogP) is 5.52. The van der Waals surface area contributed by atoms with Gasteiger partial charge in [-0.2, -0.15) is 0 Å². The highest BCUT2D eigenvalue weighted by Crippen LogP contribution is 2.51. The number of nitrogens with zero attached hydrogens (tertiary/aromatic N) is 1. The van der Waals surface area contributed by atoms with Crippen LogP contribution in [0.3, 0.4) is 0 Å². The molecule has 148 valence electrons. The maximum absolute atomic E-state index is 10.9. The van der Waals surface area contributed by atoms with E-state index >= 15 is 0 Å². The Morgan fingerprint density at radius 1 is 1.22 bits per heavy atom. The lowest BCUT2D eigenvalue weighted by atomic mass is 9.76. The molecule has 3 aliphatic rings. The molecule has 5 heteroatoms. The highest BCUT2D eigenvalue weighted by atomic mass is 35.5. The maximum atomic E-state index is 10.9. The molecule has 1 unspecified atom stereocenters. The fraction of sp³-hybridized carbons (Fsp3) is 0.682. The summed E-state index contributed by atoms with van der Waals surface area (Å²) in [4.78, 5) is 13.3. The molecule has 2 aliphatic carbocycles. The highest BCUT2D eigenvalue weighted by Gasteiger charge is 2.41. The molecule has 4 rings (SSSR count). The Kier molecular flexibility index (Phi) is 5.54. The van der Waals surface area contributed by atoms with E-state index in [1.165, 1.54) is 38.5 Å². The van der Waals surface area contributed by atoms with E-state index in [4.69, 9.17) is 21.4 Å². The first kappa shape index (κ1) is 18.9. The quantitative estimate of drug-likeness (QED) is 0.693. The molecule has 0 aromatic heterocycles. The number of carboxylic acid groups (broad SMARTS) is 1. The van der Waals surface area contributed by atoms with E-state index < -0.39 is 5.97 Å². The Morgan fingerprint density at radius 3 is 2.67 bits per heavy atom. The van der Waals surface area contributed by atoms with Gasteiger partial charge in [0.1, 0.15) is 5.75 Å². The highest BCUT2D eigenvalue weighted by molar-refractivity contribution is 6.30. The lowest BCUT2D eigenvalue weighted by Gasteiger charge is -2.41. The average Bonchev–Trinajstić information content (AvgIpc) is 3.01. The van der Waals surface area contributed by atoms with Crippen molar-refractivity contribution in [3.05, 3.63) is 23.2 Å². The smallest absolute Gasteiger partial charge is 0.303 e.